The van der Waals surface area contributed by atoms with Crippen LogP contribution in [-0.4, -0.2) is 19.2 Å². The van der Waals surface area contributed by atoms with Crippen molar-refractivity contribution in [3.05, 3.63) is 58.3 Å². The van der Waals surface area contributed by atoms with Crippen LogP contribution in [0, 0.1) is 5.82 Å². The summed E-state index contributed by atoms with van der Waals surface area (Å²) in [5.41, 5.74) is 0.792. The summed E-state index contributed by atoms with van der Waals surface area (Å²) in [4.78, 5) is 0. The highest BCUT2D eigenvalue weighted by molar-refractivity contribution is 9.10. The summed E-state index contributed by atoms with van der Waals surface area (Å²) in [6, 6.07) is 12.1. The van der Waals surface area contributed by atoms with Crippen LogP contribution in [0.25, 0.3) is 0 Å². The molecule has 0 bridgehead atoms. The Morgan fingerprint density at radius 1 is 1.09 bits per heavy atom. The second kappa shape index (κ2) is 7.79. The monoisotopic (exact) mass is 379 g/mol. The maximum Gasteiger partial charge on any atom is 0.162 e. The Morgan fingerprint density at radius 2 is 1.91 bits per heavy atom. The molecule has 1 saturated heterocycles. The average Bonchev–Trinajstić information content (AvgIpc) is 2.55. The molecular weight excluding hydrogens is 361 g/mol. The van der Waals surface area contributed by atoms with Crippen molar-refractivity contribution in [1.82, 2.24) is 5.32 Å². The normalized spacial score (nSPS) is 15.4. The third kappa shape index (κ3) is 4.69. The summed E-state index contributed by atoms with van der Waals surface area (Å²) in [6.07, 6.45) is 2.16. The van der Waals surface area contributed by atoms with Crippen molar-refractivity contribution in [2.75, 3.05) is 13.1 Å². The first-order valence-electron chi connectivity index (χ1n) is 7.75. The van der Waals surface area contributed by atoms with Gasteiger partial charge in [0.25, 0.3) is 0 Å². The summed E-state index contributed by atoms with van der Waals surface area (Å²) in [5.74, 6) is 1.15. The van der Waals surface area contributed by atoms with Gasteiger partial charge >= 0.3 is 0 Å². The lowest BCUT2D eigenvalue weighted by Gasteiger charge is -2.25. The van der Waals surface area contributed by atoms with Crippen LogP contribution in [0.5, 0.6) is 11.5 Å². The Kier molecular flexibility index (Phi) is 5.51. The molecule has 0 spiro atoms. The van der Waals surface area contributed by atoms with Gasteiger partial charge in [-0.25, -0.2) is 4.39 Å². The Balaban J connectivity index is 1.70. The molecule has 5 heteroatoms. The zero-order chi connectivity index (χ0) is 16.1. The Hall–Kier alpha value is -1.59. The van der Waals surface area contributed by atoms with E-state index in [1.54, 1.807) is 6.07 Å². The molecule has 1 aliphatic rings. The smallest absolute Gasteiger partial charge is 0.162 e. The number of hydrogen-bond acceptors (Lipinski definition) is 3. The lowest BCUT2D eigenvalue weighted by atomic mass is 10.1. The van der Waals surface area contributed by atoms with E-state index in [0.717, 1.165) is 41.7 Å². The average molecular weight is 380 g/mol. The van der Waals surface area contributed by atoms with E-state index >= 15 is 0 Å². The van der Waals surface area contributed by atoms with Crippen LogP contribution in [0.15, 0.2) is 46.9 Å². The number of halogens is 2. The lowest BCUT2D eigenvalue weighted by molar-refractivity contribution is 0.153. The van der Waals surface area contributed by atoms with E-state index in [1.807, 2.05) is 24.3 Å². The van der Waals surface area contributed by atoms with Gasteiger partial charge in [0, 0.05) is 4.47 Å². The summed E-state index contributed by atoms with van der Waals surface area (Å²) in [5, 5.41) is 3.32. The second-order valence-electron chi connectivity index (χ2n) is 5.58. The zero-order valence-corrected chi connectivity index (χ0v) is 14.3. The van der Waals surface area contributed by atoms with E-state index in [1.165, 1.54) is 12.1 Å². The topological polar surface area (TPSA) is 30.5 Å². The fourth-order valence-corrected chi connectivity index (χ4v) is 2.91. The van der Waals surface area contributed by atoms with Gasteiger partial charge in [-0.2, -0.15) is 0 Å². The maximum atomic E-state index is 13.2. The molecule has 0 radical (unpaired) electrons. The summed E-state index contributed by atoms with van der Waals surface area (Å²) < 4.78 is 26.1. The number of rotatable bonds is 5. The van der Waals surface area contributed by atoms with Gasteiger partial charge in [-0.3, -0.25) is 0 Å². The first-order valence-corrected chi connectivity index (χ1v) is 8.54. The van der Waals surface area contributed by atoms with Crippen LogP contribution in [-0.2, 0) is 6.61 Å². The first kappa shape index (κ1) is 16.3. The molecule has 0 aromatic heterocycles. The van der Waals surface area contributed by atoms with Crippen LogP contribution in [0.2, 0.25) is 0 Å². The van der Waals surface area contributed by atoms with E-state index in [9.17, 15) is 4.39 Å². The van der Waals surface area contributed by atoms with E-state index < -0.39 is 0 Å². The van der Waals surface area contributed by atoms with Crippen LogP contribution < -0.4 is 14.8 Å². The van der Waals surface area contributed by atoms with Gasteiger partial charge < -0.3 is 14.8 Å². The zero-order valence-electron chi connectivity index (χ0n) is 12.7. The highest BCUT2D eigenvalue weighted by Gasteiger charge is 2.17. The van der Waals surface area contributed by atoms with Crippen molar-refractivity contribution in [3.63, 3.8) is 0 Å². The predicted octanol–water partition coefficient (Wildman–Crippen LogP) is 4.30. The minimum Gasteiger partial charge on any atom is -0.486 e. The SMILES string of the molecule is Fc1cccc(COc2ccc(Br)cc2OC2CCNCC2)c1. The molecule has 3 nitrogen and oxygen atoms in total. The number of piperidine rings is 1. The minimum atomic E-state index is -0.256. The standard InChI is InChI=1S/C18H19BrFNO2/c19-14-4-5-17(22-12-13-2-1-3-15(20)10-13)18(11-14)23-16-6-8-21-9-7-16/h1-5,10-11,16,21H,6-9,12H2. The van der Waals surface area contributed by atoms with E-state index in [0.29, 0.717) is 12.4 Å². The molecule has 1 fully saturated rings. The fourth-order valence-electron chi connectivity index (χ4n) is 2.57. The minimum absolute atomic E-state index is 0.196. The molecule has 0 amide bonds. The van der Waals surface area contributed by atoms with Gasteiger partial charge in [0.15, 0.2) is 11.5 Å². The number of hydrogen-bond donors (Lipinski definition) is 1. The van der Waals surface area contributed by atoms with Crippen molar-refractivity contribution in [2.45, 2.75) is 25.6 Å². The van der Waals surface area contributed by atoms with Crippen molar-refractivity contribution < 1.29 is 13.9 Å². The quantitative estimate of drug-likeness (QED) is 0.839. The van der Waals surface area contributed by atoms with Gasteiger partial charge in [-0.05, 0) is 61.8 Å². The van der Waals surface area contributed by atoms with E-state index in [2.05, 4.69) is 21.2 Å². The van der Waals surface area contributed by atoms with Crippen LogP contribution in [0.1, 0.15) is 18.4 Å². The third-order valence-corrected chi connectivity index (χ3v) is 4.26. The maximum absolute atomic E-state index is 13.2. The summed E-state index contributed by atoms with van der Waals surface area (Å²) in [6.45, 7) is 2.25. The summed E-state index contributed by atoms with van der Waals surface area (Å²) >= 11 is 3.47. The molecule has 0 unspecified atom stereocenters. The lowest BCUT2D eigenvalue weighted by Crippen LogP contribution is -2.34. The van der Waals surface area contributed by atoms with Crippen molar-refractivity contribution in [3.8, 4) is 11.5 Å². The van der Waals surface area contributed by atoms with E-state index in [-0.39, 0.29) is 11.9 Å². The first-order chi connectivity index (χ1) is 11.2. The van der Waals surface area contributed by atoms with Crippen molar-refractivity contribution in [1.29, 1.82) is 0 Å². The molecule has 2 aromatic rings. The van der Waals surface area contributed by atoms with Crippen molar-refractivity contribution >= 4 is 15.9 Å². The van der Waals surface area contributed by atoms with Crippen molar-refractivity contribution in [2.24, 2.45) is 0 Å². The van der Waals surface area contributed by atoms with E-state index in [4.69, 9.17) is 9.47 Å². The predicted molar refractivity (Wildman–Crippen MR) is 91.4 cm³/mol. The van der Waals surface area contributed by atoms with Gasteiger partial charge in [0.2, 0.25) is 0 Å². The number of nitrogens with one attached hydrogen (secondary N) is 1. The molecule has 3 rings (SSSR count). The highest BCUT2D eigenvalue weighted by atomic mass is 79.9. The van der Waals surface area contributed by atoms with Crippen LogP contribution >= 0.6 is 15.9 Å². The molecule has 2 aromatic carbocycles. The van der Waals surface area contributed by atoms with Crippen LogP contribution in [0.3, 0.4) is 0 Å². The van der Waals surface area contributed by atoms with Gasteiger partial charge in [0.1, 0.15) is 18.5 Å². The van der Waals surface area contributed by atoms with Gasteiger partial charge in [-0.1, -0.05) is 28.1 Å². The Morgan fingerprint density at radius 3 is 2.70 bits per heavy atom. The van der Waals surface area contributed by atoms with Gasteiger partial charge in [-0.15, -0.1) is 0 Å². The molecule has 0 saturated carbocycles. The highest BCUT2D eigenvalue weighted by Crippen LogP contribution is 2.33. The molecule has 1 aliphatic heterocycles. The molecule has 0 atom stereocenters. The van der Waals surface area contributed by atoms with Gasteiger partial charge in [0.05, 0.1) is 0 Å². The second-order valence-corrected chi connectivity index (χ2v) is 6.49. The number of ether oxygens (including phenoxy) is 2. The molecule has 1 heterocycles. The molecular formula is C18H19BrFNO2. The largest absolute Gasteiger partial charge is 0.486 e. The molecule has 1 N–H and O–H groups in total. The Bertz CT molecular complexity index is 659. The third-order valence-electron chi connectivity index (χ3n) is 3.77. The fraction of sp³-hybridized carbons (Fsp3) is 0.333. The van der Waals surface area contributed by atoms with Crippen LogP contribution in [0.4, 0.5) is 4.39 Å². The summed E-state index contributed by atoms with van der Waals surface area (Å²) in [7, 11) is 0. The molecule has 122 valence electrons. The molecule has 23 heavy (non-hydrogen) atoms. The number of benzene rings is 2. The molecule has 0 aliphatic carbocycles. The Labute approximate surface area is 143 Å².